The van der Waals surface area contributed by atoms with E-state index in [-0.39, 0.29) is 16.5 Å². The number of anilines is 1. The van der Waals surface area contributed by atoms with E-state index < -0.39 is 10.0 Å². The summed E-state index contributed by atoms with van der Waals surface area (Å²) < 4.78 is 42.5. The molecular formula is C22H22N2O6S2. The van der Waals surface area contributed by atoms with Gasteiger partial charge in [-0.1, -0.05) is 0 Å². The Morgan fingerprint density at radius 1 is 1.03 bits per heavy atom. The van der Waals surface area contributed by atoms with Gasteiger partial charge in [0.2, 0.25) is 10.0 Å². The van der Waals surface area contributed by atoms with Crippen molar-refractivity contribution in [2.45, 2.75) is 4.90 Å². The van der Waals surface area contributed by atoms with Crippen molar-refractivity contribution < 1.29 is 27.4 Å². The number of sulfonamides is 1. The molecule has 0 radical (unpaired) electrons. The van der Waals surface area contributed by atoms with E-state index in [1.165, 1.54) is 50.7 Å². The van der Waals surface area contributed by atoms with Crippen LogP contribution in [0, 0.1) is 0 Å². The van der Waals surface area contributed by atoms with Gasteiger partial charge >= 0.3 is 0 Å². The molecule has 0 saturated heterocycles. The molecule has 10 heteroatoms. The van der Waals surface area contributed by atoms with E-state index in [2.05, 4.69) is 5.32 Å². The van der Waals surface area contributed by atoms with E-state index in [0.717, 1.165) is 14.7 Å². The second-order valence-electron chi connectivity index (χ2n) is 7.13. The maximum atomic E-state index is 12.9. The number of fused-ring (bicyclic) bond motifs is 1. The van der Waals surface area contributed by atoms with E-state index in [1.54, 1.807) is 6.07 Å². The number of thiophene rings is 1. The van der Waals surface area contributed by atoms with Crippen LogP contribution in [0.4, 0.5) is 5.69 Å². The summed E-state index contributed by atoms with van der Waals surface area (Å²) in [5, 5.41) is 2.76. The fraction of sp³-hybridized carbons (Fsp3) is 0.227. The molecule has 8 nitrogen and oxygen atoms in total. The van der Waals surface area contributed by atoms with Gasteiger partial charge in [-0.2, -0.15) is 0 Å². The molecule has 168 valence electrons. The Morgan fingerprint density at radius 2 is 1.78 bits per heavy atom. The van der Waals surface area contributed by atoms with Gasteiger partial charge in [-0.05, 0) is 54.1 Å². The molecule has 0 fully saturated rings. The van der Waals surface area contributed by atoms with Crippen molar-refractivity contribution in [1.29, 1.82) is 0 Å². The number of carbonyl (C=O) groups excluding carboxylic acids is 1. The molecule has 1 aromatic heterocycles. The number of methoxy groups -OCH3 is 1. The number of benzene rings is 2. The lowest BCUT2D eigenvalue weighted by atomic mass is 10.1. The zero-order valence-corrected chi connectivity index (χ0v) is 19.4. The Hall–Kier alpha value is -3.08. The summed E-state index contributed by atoms with van der Waals surface area (Å²) in [6, 6.07) is 13.6. The molecule has 32 heavy (non-hydrogen) atoms. The topological polar surface area (TPSA) is 94.2 Å². The highest BCUT2D eigenvalue weighted by molar-refractivity contribution is 7.89. The second-order valence-corrected chi connectivity index (χ2v) is 10.4. The van der Waals surface area contributed by atoms with Crippen LogP contribution in [0.25, 0.3) is 10.4 Å². The standard InChI is InChI=1S/C22H22N2O6S2/c1-24(2)32(26,27)15-5-7-17(28-3)16(13-15)23-22(25)21-9-8-20(31-21)14-4-6-18-19(12-14)30-11-10-29-18/h4-9,12-13H,10-11H2,1-3H3,(H,23,25). The first-order chi connectivity index (χ1) is 15.3. The zero-order valence-electron chi connectivity index (χ0n) is 17.7. The van der Waals surface area contributed by atoms with Crippen molar-refractivity contribution in [3.8, 4) is 27.7 Å². The minimum atomic E-state index is -3.66. The van der Waals surface area contributed by atoms with Gasteiger partial charge in [0.05, 0.1) is 22.6 Å². The Kier molecular flexibility index (Phi) is 6.09. The van der Waals surface area contributed by atoms with Gasteiger partial charge in [-0.25, -0.2) is 12.7 Å². The molecule has 0 spiro atoms. The van der Waals surface area contributed by atoms with Gasteiger partial charge in [-0.15, -0.1) is 11.3 Å². The smallest absolute Gasteiger partial charge is 0.265 e. The van der Waals surface area contributed by atoms with Crippen LogP contribution in [0.1, 0.15) is 9.67 Å². The van der Waals surface area contributed by atoms with E-state index in [4.69, 9.17) is 14.2 Å². The van der Waals surface area contributed by atoms with Gasteiger partial charge in [0.15, 0.2) is 11.5 Å². The van der Waals surface area contributed by atoms with Crippen molar-refractivity contribution in [2.75, 3.05) is 39.7 Å². The number of nitrogens with one attached hydrogen (secondary N) is 1. The molecule has 3 aromatic rings. The molecule has 1 amide bonds. The van der Waals surface area contributed by atoms with Gasteiger partial charge in [0.25, 0.3) is 5.91 Å². The van der Waals surface area contributed by atoms with Crippen molar-refractivity contribution in [2.24, 2.45) is 0 Å². The third kappa shape index (κ3) is 4.29. The number of carbonyl (C=O) groups is 1. The summed E-state index contributed by atoms with van der Waals surface area (Å²) in [4.78, 5) is 14.3. The maximum Gasteiger partial charge on any atom is 0.265 e. The summed E-state index contributed by atoms with van der Waals surface area (Å²) in [6.45, 7) is 1.02. The number of amides is 1. The molecule has 2 aromatic carbocycles. The molecular weight excluding hydrogens is 452 g/mol. The van der Waals surface area contributed by atoms with Crippen LogP contribution < -0.4 is 19.5 Å². The lowest BCUT2D eigenvalue weighted by molar-refractivity contribution is 0.103. The average molecular weight is 475 g/mol. The van der Waals surface area contributed by atoms with Crippen molar-refractivity contribution in [3.63, 3.8) is 0 Å². The molecule has 0 atom stereocenters. The van der Waals surface area contributed by atoms with Crippen LogP contribution in [0.3, 0.4) is 0 Å². The van der Waals surface area contributed by atoms with Crippen molar-refractivity contribution in [3.05, 3.63) is 53.4 Å². The molecule has 0 unspecified atom stereocenters. The van der Waals surface area contributed by atoms with Crippen LogP contribution in [-0.2, 0) is 10.0 Å². The van der Waals surface area contributed by atoms with Crippen LogP contribution in [0.5, 0.6) is 17.2 Å². The summed E-state index contributed by atoms with van der Waals surface area (Å²) in [7, 11) is 0.692. The molecule has 1 aliphatic heterocycles. The first kappa shape index (κ1) is 22.1. The first-order valence-electron chi connectivity index (χ1n) is 9.71. The number of hydrogen-bond acceptors (Lipinski definition) is 7. The molecule has 2 heterocycles. The second kappa shape index (κ2) is 8.81. The van der Waals surface area contributed by atoms with Gasteiger partial charge in [0.1, 0.15) is 19.0 Å². The Morgan fingerprint density at radius 3 is 2.50 bits per heavy atom. The highest BCUT2D eigenvalue weighted by Gasteiger charge is 2.21. The molecule has 4 rings (SSSR count). The number of hydrogen-bond donors (Lipinski definition) is 1. The third-order valence-corrected chi connectivity index (χ3v) is 7.80. The number of nitrogens with zero attached hydrogens (tertiary/aromatic N) is 1. The predicted octanol–water partition coefficient (Wildman–Crippen LogP) is 3.70. The highest BCUT2D eigenvalue weighted by atomic mass is 32.2. The summed E-state index contributed by atoms with van der Waals surface area (Å²) in [5.41, 5.74) is 1.18. The quantitative estimate of drug-likeness (QED) is 0.586. The zero-order chi connectivity index (χ0) is 22.9. The number of ether oxygens (including phenoxy) is 3. The van der Waals surface area contributed by atoms with Crippen LogP contribution in [-0.4, -0.2) is 53.0 Å². The SMILES string of the molecule is COc1ccc(S(=O)(=O)N(C)C)cc1NC(=O)c1ccc(-c2ccc3c(c2)OCCO3)s1. The summed E-state index contributed by atoms with van der Waals surface area (Å²) in [6.07, 6.45) is 0. The van der Waals surface area contributed by atoms with E-state index in [1.807, 2.05) is 24.3 Å². The molecule has 0 aliphatic carbocycles. The lowest BCUT2D eigenvalue weighted by Gasteiger charge is -2.18. The van der Waals surface area contributed by atoms with Crippen LogP contribution in [0.15, 0.2) is 53.4 Å². The van der Waals surface area contributed by atoms with Gasteiger partial charge < -0.3 is 19.5 Å². The van der Waals surface area contributed by atoms with Crippen LogP contribution in [0.2, 0.25) is 0 Å². The molecule has 1 N–H and O–H groups in total. The fourth-order valence-corrected chi connectivity index (χ4v) is 4.98. The van der Waals surface area contributed by atoms with Gasteiger partial charge in [-0.3, -0.25) is 4.79 Å². The van der Waals surface area contributed by atoms with E-state index in [9.17, 15) is 13.2 Å². The minimum Gasteiger partial charge on any atom is -0.495 e. The van der Waals surface area contributed by atoms with Gasteiger partial charge in [0, 0.05) is 19.0 Å². The lowest BCUT2D eigenvalue weighted by Crippen LogP contribution is -2.22. The summed E-state index contributed by atoms with van der Waals surface area (Å²) in [5.74, 6) is 1.38. The number of rotatable bonds is 6. The van der Waals surface area contributed by atoms with E-state index in [0.29, 0.717) is 35.3 Å². The third-order valence-electron chi connectivity index (χ3n) is 4.85. The Balaban J connectivity index is 1.58. The summed E-state index contributed by atoms with van der Waals surface area (Å²) >= 11 is 1.32. The maximum absolute atomic E-state index is 12.9. The van der Waals surface area contributed by atoms with Crippen LogP contribution >= 0.6 is 11.3 Å². The Labute approximate surface area is 190 Å². The predicted molar refractivity (Wildman–Crippen MR) is 123 cm³/mol. The molecule has 0 bridgehead atoms. The highest BCUT2D eigenvalue weighted by Crippen LogP contribution is 2.37. The molecule has 0 saturated carbocycles. The Bertz CT molecular complexity index is 1270. The van der Waals surface area contributed by atoms with E-state index >= 15 is 0 Å². The molecule has 1 aliphatic rings. The average Bonchev–Trinajstić information content (AvgIpc) is 3.29. The normalized spacial score (nSPS) is 13.1. The first-order valence-corrected chi connectivity index (χ1v) is 12.0. The fourth-order valence-electron chi connectivity index (χ4n) is 3.15. The van der Waals surface area contributed by atoms with Crippen molar-refractivity contribution >= 4 is 33.0 Å². The van der Waals surface area contributed by atoms with Crippen molar-refractivity contribution in [1.82, 2.24) is 4.31 Å². The largest absolute Gasteiger partial charge is 0.495 e. The minimum absolute atomic E-state index is 0.0572. The monoisotopic (exact) mass is 474 g/mol.